The van der Waals surface area contributed by atoms with Crippen LogP contribution < -0.4 is 0 Å². The van der Waals surface area contributed by atoms with E-state index in [0.717, 1.165) is 194 Å². The number of nitrogens with one attached hydrogen (secondary N) is 1. The number of fused-ring (bicyclic) bond motifs is 20. The predicted octanol–water partition coefficient (Wildman–Crippen LogP) is 24.9. The van der Waals surface area contributed by atoms with Crippen LogP contribution in [0.3, 0.4) is 0 Å². The maximum absolute atomic E-state index is 11.8. The Kier molecular flexibility index (Phi) is 30.4. The SMILES string of the molecule is CCC[C@@]1(O)CC[C@@]2(CC)[C@H](CC[C@H]3[C@@H]4CC[C@H](C(C)(O)Cn5cc(C#N)cn5)[C@@]4(C)CC[C@@H]32)C1.CCC[C@@]1(O)CC[C@@]2(CC)[C@H](CC[C@H]3[C@@H]4CC[C@H](C5(C)CO5)[C@@]4(C)CC[C@@H]32)C1.CCC[C@@]1(O)CC[C@@]2(CC)[C@H](CC[C@H]3[C@@H]4CC[C@H]([C@@](C)(O)Cn5cc(C#N)cn5)[C@@]4(C)CC[C@@H]32)C1.CCC[C@@]1(O)CC[C@@]2(CC)[C@H](CC[C@H]3[C@@H]4CC[C@H]([C@](C)(O)Cn5cc(C#N)cn5)[C@@]4(C)CC[C@@H]32)C1.N#Cc1cn[nH]c1. The van der Waals surface area contributed by atoms with Crippen molar-refractivity contribution in [3.8, 4) is 24.3 Å². The van der Waals surface area contributed by atoms with Crippen LogP contribution in [-0.4, -0.2) is 127 Å². The van der Waals surface area contributed by atoms with Crippen molar-refractivity contribution in [2.45, 2.75) is 483 Å². The van der Waals surface area contributed by atoms with Gasteiger partial charge in [0.15, 0.2) is 0 Å². The number of aromatic nitrogens is 8. The molecule has 0 spiro atoms. The molecule has 1 saturated heterocycles. The summed E-state index contributed by atoms with van der Waals surface area (Å²) in [5.74, 6) is 13.9. The lowest BCUT2D eigenvalue weighted by Gasteiger charge is -2.63. The molecule has 0 bridgehead atoms. The first kappa shape index (κ1) is 106. The van der Waals surface area contributed by atoms with E-state index in [-0.39, 0.29) is 45.2 Å². The summed E-state index contributed by atoms with van der Waals surface area (Å²) < 4.78 is 11.3. The van der Waals surface area contributed by atoms with Gasteiger partial charge in [0.05, 0.1) is 118 Å². The van der Waals surface area contributed by atoms with Gasteiger partial charge >= 0.3 is 0 Å². The van der Waals surface area contributed by atoms with E-state index in [9.17, 15) is 35.7 Å². The van der Waals surface area contributed by atoms with Crippen molar-refractivity contribution in [3.05, 3.63) is 71.8 Å². The molecular weight excluding hydrogens is 1740 g/mol. The minimum Gasteiger partial charge on any atom is -0.390 e. The monoisotopic (exact) mass is 1930 g/mol. The normalized spacial score (nSPS) is 45.4. The fourth-order valence-electron chi connectivity index (χ4n) is 41.6. The Labute approximate surface area is 843 Å². The second kappa shape index (κ2) is 40.2. The van der Waals surface area contributed by atoms with Gasteiger partial charge in [0.2, 0.25) is 0 Å². The van der Waals surface area contributed by atoms with Crippen molar-refractivity contribution in [1.82, 2.24) is 39.5 Å². The average Bonchev–Trinajstić information content (AvgIpc) is 1.51. The minimum absolute atomic E-state index is 0.162. The zero-order valence-corrected chi connectivity index (χ0v) is 89.9. The summed E-state index contributed by atoms with van der Waals surface area (Å²) in [4.78, 5) is 0. The summed E-state index contributed by atoms with van der Waals surface area (Å²) in [6.45, 7) is 39.5. The summed E-state index contributed by atoms with van der Waals surface area (Å²) in [7, 11) is 0. The van der Waals surface area contributed by atoms with E-state index in [1.807, 2.05) is 26.8 Å². The molecule has 17 aliphatic rings. The first-order chi connectivity index (χ1) is 66.5. The minimum atomic E-state index is -0.837. The number of hydrogen-bond acceptors (Lipinski definition) is 16. The molecule has 140 heavy (non-hydrogen) atoms. The lowest BCUT2D eigenvalue weighted by atomic mass is 9.42. The van der Waals surface area contributed by atoms with Crippen LogP contribution in [0.25, 0.3) is 0 Å². The van der Waals surface area contributed by atoms with Crippen molar-refractivity contribution in [2.75, 3.05) is 6.61 Å². The number of nitrogens with zero attached hydrogens (tertiary/aromatic N) is 11. The van der Waals surface area contributed by atoms with Crippen LogP contribution in [0.1, 0.15) is 441 Å². The van der Waals surface area contributed by atoms with Gasteiger partial charge in [-0.2, -0.15) is 41.4 Å². The Morgan fingerprint density at radius 2 is 0.621 bits per heavy atom. The second-order valence-electron chi connectivity index (χ2n) is 53.7. The van der Waals surface area contributed by atoms with Crippen molar-refractivity contribution in [2.24, 2.45) is 162 Å². The summed E-state index contributed by atoms with van der Waals surface area (Å²) in [5, 5.41) is 135. The molecule has 20 nitrogen and oxygen atoms in total. The Hall–Kier alpha value is -5.52. The highest BCUT2D eigenvalue weighted by molar-refractivity contribution is 5.27. The zero-order valence-electron chi connectivity index (χ0n) is 89.9. The number of H-pyrrole nitrogens is 1. The molecule has 0 aromatic carbocycles. The second-order valence-corrected chi connectivity index (χ2v) is 53.7. The number of rotatable bonds is 22. The van der Waals surface area contributed by atoms with E-state index < -0.39 is 33.6 Å². The van der Waals surface area contributed by atoms with E-state index in [0.29, 0.717) is 104 Å². The Balaban J connectivity index is 0.000000126. The highest BCUT2D eigenvalue weighted by Gasteiger charge is 2.71. The fourth-order valence-corrected chi connectivity index (χ4v) is 41.6. The quantitative estimate of drug-likeness (QED) is 0.0339. The molecule has 4 aromatic rings. The Morgan fingerprint density at radius 1 is 0.350 bits per heavy atom. The standard InChI is InChI=1S/3C30H47N3O2.C26H44O2.C4H3N3/c3*1-5-12-29(35)14-15-30(6-2)22(16-29)7-8-23-24-9-10-26(27(24,3)13-11-25(23)30)28(4,34)20-33-19-21(17-31)18-32-33;1-5-12-25(27)14-15-26(6-2)18(16-25)7-8-19-20-9-10-22(24(4)17-28-24)23(20,3)13-11-21(19)26;5-1-4-2-6-7-3-4/h3*18-19,22-26,34-35H,5-16,20H2,1-4H3;18-22,27H,5-17H2,1-4H3;2-3H,(H,6,7)/t22-,23+,24+,25+,26+,27+,28?,29-,30+;22-,23+,24+,25+,26+,27+,28+,29-,30+;22-,23+,24+,25+,26+,27+,28-,29-,30+;18-,19+,20+,21+,22+,23+,24?,25-,26+;/m1111./s1. The zero-order chi connectivity index (χ0) is 100. The van der Waals surface area contributed by atoms with Crippen LogP contribution in [-0.2, 0) is 24.4 Å². The van der Waals surface area contributed by atoms with Gasteiger partial charge < -0.3 is 40.5 Å². The van der Waals surface area contributed by atoms with Gasteiger partial charge in [0.1, 0.15) is 24.3 Å². The third kappa shape index (κ3) is 18.9. The maximum Gasteiger partial charge on any atom is 0.102 e. The third-order valence-electron chi connectivity index (χ3n) is 47.5. The molecule has 21 rings (SSSR count). The molecule has 20 heteroatoms. The van der Waals surface area contributed by atoms with E-state index in [2.05, 4.69) is 134 Å². The van der Waals surface area contributed by atoms with Gasteiger partial charge in [-0.3, -0.25) is 19.1 Å². The number of nitriles is 4. The van der Waals surface area contributed by atoms with Gasteiger partial charge in [0, 0.05) is 24.8 Å². The molecule has 776 valence electrons. The molecular formula is C120H188N12O8. The van der Waals surface area contributed by atoms with Crippen LogP contribution in [0, 0.1) is 207 Å². The van der Waals surface area contributed by atoms with E-state index in [4.69, 9.17) is 25.8 Å². The summed E-state index contributed by atoms with van der Waals surface area (Å²) >= 11 is 0. The van der Waals surface area contributed by atoms with Crippen molar-refractivity contribution >= 4 is 0 Å². The smallest absolute Gasteiger partial charge is 0.102 e. The molecule has 16 saturated carbocycles. The van der Waals surface area contributed by atoms with Gasteiger partial charge in [-0.25, -0.2) is 0 Å². The lowest BCUT2D eigenvalue weighted by molar-refractivity contribution is -0.170. The summed E-state index contributed by atoms with van der Waals surface area (Å²) in [6, 6.07) is 8.36. The van der Waals surface area contributed by atoms with Crippen LogP contribution in [0.15, 0.2) is 49.6 Å². The van der Waals surface area contributed by atoms with E-state index in [1.165, 1.54) is 192 Å². The molecule has 17 fully saturated rings. The molecule has 4 aromatic heterocycles. The largest absolute Gasteiger partial charge is 0.390 e. The number of ether oxygens (including phenoxy) is 1. The Bertz CT molecular complexity index is 4670. The van der Waals surface area contributed by atoms with E-state index >= 15 is 0 Å². The van der Waals surface area contributed by atoms with E-state index in [1.54, 1.807) is 57.4 Å². The molecule has 0 radical (unpaired) electrons. The highest BCUT2D eigenvalue weighted by Crippen LogP contribution is 2.77. The summed E-state index contributed by atoms with van der Waals surface area (Å²) in [6.07, 6.45) is 70.2. The van der Waals surface area contributed by atoms with Gasteiger partial charge in [-0.1, -0.05) is 109 Å². The molecule has 0 amide bonds. The molecule has 5 heterocycles. The highest BCUT2D eigenvalue weighted by atomic mass is 16.6. The van der Waals surface area contributed by atoms with Crippen molar-refractivity contribution in [1.29, 1.82) is 21.0 Å². The molecule has 8 N–H and O–H groups in total. The number of aliphatic hydroxyl groups is 7. The predicted molar refractivity (Wildman–Crippen MR) is 549 cm³/mol. The molecule has 36 atom stereocenters. The topological polar surface area (TPSA) is 331 Å². The molecule has 16 aliphatic carbocycles. The van der Waals surface area contributed by atoms with Crippen LogP contribution in [0.4, 0.5) is 0 Å². The Morgan fingerprint density at radius 3 is 0.857 bits per heavy atom. The average molecular weight is 1930 g/mol. The number of aromatic amines is 1. The van der Waals surface area contributed by atoms with Gasteiger partial charge in [0.25, 0.3) is 0 Å². The fraction of sp³-hybridized carbons (Fsp3) is 0.867. The van der Waals surface area contributed by atoms with Crippen molar-refractivity contribution < 1.29 is 40.5 Å². The van der Waals surface area contributed by atoms with Gasteiger partial charge in [-0.05, 0) is 472 Å². The summed E-state index contributed by atoms with van der Waals surface area (Å²) in [5.41, 5.74) is 1.05. The van der Waals surface area contributed by atoms with Crippen molar-refractivity contribution in [3.63, 3.8) is 0 Å². The maximum atomic E-state index is 11.8. The molecule has 2 unspecified atom stereocenters. The van der Waals surface area contributed by atoms with Gasteiger partial charge in [-0.15, -0.1) is 0 Å². The van der Waals surface area contributed by atoms with Crippen LogP contribution >= 0.6 is 0 Å². The number of epoxide rings is 1. The van der Waals surface area contributed by atoms with Crippen LogP contribution in [0.2, 0.25) is 0 Å². The lowest BCUT2D eigenvalue weighted by Crippen LogP contribution is -2.58. The van der Waals surface area contributed by atoms with Crippen LogP contribution in [0.5, 0.6) is 0 Å². The third-order valence-corrected chi connectivity index (χ3v) is 47.5. The first-order valence-corrected chi connectivity index (χ1v) is 57.9. The first-order valence-electron chi connectivity index (χ1n) is 57.9. The molecule has 1 aliphatic heterocycles. The number of hydrogen-bond donors (Lipinski definition) is 8.